The molecule has 18 heavy (non-hydrogen) atoms. The van der Waals surface area contributed by atoms with Crippen molar-refractivity contribution in [1.29, 1.82) is 0 Å². The third-order valence-corrected chi connectivity index (χ3v) is 3.17. The number of rotatable bonds is 7. The van der Waals surface area contributed by atoms with Crippen molar-refractivity contribution in [3.05, 3.63) is 0 Å². The lowest BCUT2D eigenvalue weighted by Crippen LogP contribution is -2.44. The molecular weight excluding hydrogens is 301 g/mol. The summed E-state index contributed by atoms with van der Waals surface area (Å²) in [4.78, 5) is 0. The maximum atomic E-state index is 9.10. The van der Waals surface area contributed by atoms with Gasteiger partial charge in [-0.3, -0.25) is 0 Å². The van der Waals surface area contributed by atoms with E-state index in [1.165, 1.54) is 0 Å². The molecule has 0 heterocycles. The minimum Gasteiger partial charge on any atom is -0.429 e. The molecule has 0 aliphatic heterocycles. The van der Waals surface area contributed by atoms with Crippen LogP contribution in [0.1, 0.15) is 47.0 Å². The molecule has 7 heteroatoms. The fraction of sp³-hybridized carbons (Fsp3) is 1.00. The lowest BCUT2D eigenvalue weighted by Gasteiger charge is -2.31. The molecule has 0 fully saturated rings. The first-order valence-corrected chi connectivity index (χ1v) is 7.06. The van der Waals surface area contributed by atoms with Crippen molar-refractivity contribution in [2.45, 2.75) is 64.4 Å². The third kappa shape index (κ3) is 12.8. The maximum Gasteiger partial charge on any atom is 0.486 e. The highest BCUT2D eigenvalue weighted by Crippen LogP contribution is 2.19. The number of nitrogens with two attached hydrogens (primary N) is 1. The molecule has 0 saturated carbocycles. The summed E-state index contributed by atoms with van der Waals surface area (Å²) in [6, 6.07) is 0. The molecule has 5 nitrogen and oxygen atoms in total. The molecule has 1 atom stereocenters. The third-order valence-electron chi connectivity index (χ3n) is 2.61. The Morgan fingerprint density at radius 1 is 1.17 bits per heavy atom. The van der Waals surface area contributed by atoms with Gasteiger partial charge >= 0.3 is 7.69 Å². The Kier molecular flexibility index (Phi) is 11.7. The second-order valence-corrected chi connectivity index (χ2v) is 5.88. The zero-order valence-electron chi connectivity index (χ0n) is 11.7. The van der Waals surface area contributed by atoms with Crippen LogP contribution < -0.4 is 5.73 Å². The number of aliphatic hydroxyl groups is 2. The molecule has 0 amide bonds. The van der Waals surface area contributed by atoms with E-state index < -0.39 is 11.2 Å². The molecule has 0 aliphatic carbocycles. The van der Waals surface area contributed by atoms with Crippen molar-refractivity contribution in [3.8, 4) is 0 Å². The van der Waals surface area contributed by atoms with Crippen molar-refractivity contribution < 1.29 is 19.9 Å². The van der Waals surface area contributed by atoms with Crippen molar-refractivity contribution in [2.75, 3.05) is 5.33 Å². The van der Waals surface area contributed by atoms with Gasteiger partial charge in [0.05, 0.1) is 17.4 Å². The van der Waals surface area contributed by atoms with Gasteiger partial charge in [-0.1, -0.05) is 15.9 Å². The van der Waals surface area contributed by atoms with Gasteiger partial charge < -0.3 is 25.6 Å². The summed E-state index contributed by atoms with van der Waals surface area (Å²) in [6.45, 7) is 6.31. The normalized spacial score (nSPS) is 13.6. The predicted molar refractivity (Wildman–Crippen MR) is 77.3 cm³/mol. The first kappa shape index (κ1) is 20.7. The highest BCUT2D eigenvalue weighted by Gasteiger charge is 2.31. The van der Waals surface area contributed by atoms with Crippen LogP contribution in [-0.2, 0) is 4.65 Å². The summed E-state index contributed by atoms with van der Waals surface area (Å²) < 4.78 is 4.58. The fourth-order valence-electron chi connectivity index (χ4n) is 0.586. The van der Waals surface area contributed by atoms with Crippen LogP contribution in [0.2, 0.25) is 0 Å². The van der Waals surface area contributed by atoms with E-state index in [0.717, 1.165) is 24.6 Å². The Balaban J connectivity index is 0. The molecule has 0 aromatic rings. The Morgan fingerprint density at radius 3 is 1.89 bits per heavy atom. The Labute approximate surface area is 119 Å². The second kappa shape index (κ2) is 10.2. The van der Waals surface area contributed by atoms with Crippen LogP contribution in [0.4, 0.5) is 0 Å². The van der Waals surface area contributed by atoms with Crippen LogP contribution in [0.5, 0.6) is 0 Å². The van der Waals surface area contributed by atoms with Gasteiger partial charge in [-0.2, -0.15) is 0 Å². The van der Waals surface area contributed by atoms with Crippen LogP contribution in [0.25, 0.3) is 0 Å². The van der Waals surface area contributed by atoms with Gasteiger partial charge in [-0.05, 0) is 47.0 Å². The quantitative estimate of drug-likeness (QED) is 0.241. The Morgan fingerprint density at radius 2 is 1.61 bits per heavy atom. The van der Waals surface area contributed by atoms with Gasteiger partial charge in [-0.25, -0.2) is 0 Å². The van der Waals surface area contributed by atoms with Crippen molar-refractivity contribution in [2.24, 2.45) is 5.73 Å². The van der Waals surface area contributed by atoms with Gasteiger partial charge in [-0.15, -0.1) is 0 Å². The van der Waals surface area contributed by atoms with Crippen LogP contribution in [0, 0.1) is 0 Å². The van der Waals surface area contributed by atoms with E-state index in [2.05, 4.69) is 20.6 Å². The lowest BCUT2D eigenvalue weighted by atomic mass is 9.90. The summed E-state index contributed by atoms with van der Waals surface area (Å²) in [7, 11) is 0.638. The Bertz CT molecular complexity index is 182. The summed E-state index contributed by atoms with van der Waals surface area (Å²) in [5.41, 5.74) is 3.38. The summed E-state index contributed by atoms with van der Waals surface area (Å²) in [6.07, 6.45) is 2.52. The fourth-order valence-corrected chi connectivity index (χ4v) is 0.983. The van der Waals surface area contributed by atoms with Gasteiger partial charge in [0.15, 0.2) is 0 Å². The first-order chi connectivity index (χ1) is 8.06. The van der Waals surface area contributed by atoms with Crippen LogP contribution >= 0.6 is 15.9 Å². The first-order valence-electron chi connectivity index (χ1n) is 5.94. The second-order valence-electron chi connectivity index (χ2n) is 5.08. The van der Waals surface area contributed by atoms with Crippen molar-refractivity contribution in [3.63, 3.8) is 0 Å². The van der Waals surface area contributed by atoms with Gasteiger partial charge in [0.2, 0.25) is 0 Å². The standard InChI is InChI=1S/C6H14O2.C5H12BBrNO2/c1-5(2,7)6(3,4)8;7-4-2-1-3-5(8)10-6-9/h7-8H,1-4H3;5,9H,1-4,8H2. The van der Waals surface area contributed by atoms with E-state index in [9.17, 15) is 0 Å². The van der Waals surface area contributed by atoms with E-state index >= 15 is 0 Å². The average Bonchev–Trinajstić information content (AvgIpc) is 2.16. The molecule has 0 bridgehead atoms. The maximum absolute atomic E-state index is 9.10. The highest BCUT2D eigenvalue weighted by molar-refractivity contribution is 9.09. The molecule has 1 radical (unpaired) electrons. The smallest absolute Gasteiger partial charge is 0.429 e. The molecule has 0 spiro atoms. The average molecular weight is 327 g/mol. The SMILES string of the molecule is CC(C)(O)C(C)(C)O.NC(CCCCBr)O[B]O. The molecule has 0 rings (SSSR count). The molecule has 1 unspecified atom stereocenters. The van der Waals surface area contributed by atoms with Crippen molar-refractivity contribution >= 4 is 23.6 Å². The minimum atomic E-state index is -1.01. The van der Waals surface area contributed by atoms with E-state index in [1.54, 1.807) is 27.7 Å². The number of alkyl halides is 1. The number of hydrogen-bond acceptors (Lipinski definition) is 5. The van der Waals surface area contributed by atoms with Crippen molar-refractivity contribution in [1.82, 2.24) is 0 Å². The number of hydrogen-bond donors (Lipinski definition) is 4. The highest BCUT2D eigenvalue weighted by atomic mass is 79.9. The molecule has 5 N–H and O–H groups in total. The zero-order chi connectivity index (χ0) is 14.8. The van der Waals surface area contributed by atoms with Crippen LogP contribution in [-0.4, -0.2) is 45.7 Å². The molecule has 109 valence electrons. The topological polar surface area (TPSA) is 95.9 Å². The monoisotopic (exact) mass is 326 g/mol. The minimum absolute atomic E-state index is 0.357. The molecule has 0 saturated heterocycles. The molecule has 0 aliphatic rings. The summed E-state index contributed by atoms with van der Waals surface area (Å²) >= 11 is 3.30. The van der Waals surface area contributed by atoms with Gasteiger partial charge in [0, 0.05) is 5.33 Å². The Hall–Kier alpha value is 0.345. The van der Waals surface area contributed by atoms with E-state index in [1.807, 2.05) is 0 Å². The van der Waals surface area contributed by atoms with Crippen LogP contribution in [0.3, 0.4) is 0 Å². The van der Waals surface area contributed by atoms with Gasteiger partial charge in [0.25, 0.3) is 0 Å². The largest absolute Gasteiger partial charge is 0.486 e. The number of unbranched alkanes of at least 4 members (excludes halogenated alkanes) is 1. The van der Waals surface area contributed by atoms with E-state index in [0.29, 0.717) is 7.69 Å². The molecule has 0 aromatic heterocycles. The summed E-state index contributed by atoms with van der Waals surface area (Å²) in [5.74, 6) is 0. The van der Waals surface area contributed by atoms with E-state index in [-0.39, 0.29) is 6.23 Å². The van der Waals surface area contributed by atoms with Crippen LogP contribution in [0.15, 0.2) is 0 Å². The predicted octanol–water partition coefficient (Wildman–Crippen LogP) is 0.908. The zero-order valence-corrected chi connectivity index (χ0v) is 13.3. The summed E-state index contributed by atoms with van der Waals surface area (Å²) in [5, 5.41) is 27.4. The van der Waals surface area contributed by atoms with Gasteiger partial charge in [0.1, 0.15) is 0 Å². The lowest BCUT2D eigenvalue weighted by molar-refractivity contribution is -0.107. The number of halogens is 1. The van der Waals surface area contributed by atoms with E-state index in [4.69, 9.17) is 21.0 Å². The molecular formula is C11H26BBrNO4. The molecule has 0 aromatic carbocycles.